The number of carbonyl (C=O) groups is 1. The Kier molecular flexibility index (Phi) is 3.40. The lowest BCUT2D eigenvalue weighted by molar-refractivity contribution is -0.154. The second kappa shape index (κ2) is 4.61. The molecule has 2 unspecified atom stereocenters. The third-order valence-electron chi connectivity index (χ3n) is 3.72. The number of aliphatic hydroxyl groups is 1. The Morgan fingerprint density at radius 2 is 2.05 bits per heavy atom. The predicted molar refractivity (Wildman–Crippen MR) is 68.4 cm³/mol. The molecule has 104 valence electrons. The minimum Gasteiger partial charge on any atom is -0.481 e. The van der Waals surface area contributed by atoms with Gasteiger partial charge in [-0.1, -0.05) is 25.1 Å². The zero-order valence-electron chi connectivity index (χ0n) is 10.5. The Bertz CT molecular complexity index is 607. The molecule has 0 aromatic heterocycles. The van der Waals surface area contributed by atoms with Crippen LogP contribution in [-0.2, 0) is 20.2 Å². The molecule has 0 saturated carbocycles. The van der Waals surface area contributed by atoms with Gasteiger partial charge in [0.1, 0.15) is 5.60 Å². The van der Waals surface area contributed by atoms with Crippen molar-refractivity contribution in [2.24, 2.45) is 5.92 Å². The number of fused-ring (bicyclic) bond motifs is 1. The van der Waals surface area contributed by atoms with Crippen LogP contribution in [0.3, 0.4) is 0 Å². The van der Waals surface area contributed by atoms with Gasteiger partial charge < -0.3 is 10.2 Å². The van der Waals surface area contributed by atoms with Crippen molar-refractivity contribution in [3.8, 4) is 0 Å². The van der Waals surface area contributed by atoms with Crippen LogP contribution in [0.4, 0.5) is 0 Å². The average molecular weight is 284 g/mol. The van der Waals surface area contributed by atoms with Crippen LogP contribution >= 0.6 is 0 Å². The van der Waals surface area contributed by atoms with Crippen LogP contribution in [0.1, 0.15) is 25.3 Å². The maximum Gasteiger partial charge on any atom is 0.309 e. The number of rotatable bonds is 3. The van der Waals surface area contributed by atoms with Gasteiger partial charge in [-0.15, -0.1) is 0 Å². The summed E-state index contributed by atoms with van der Waals surface area (Å²) < 4.78 is 24.0. The van der Waals surface area contributed by atoms with Gasteiger partial charge in [-0.2, -0.15) is 0 Å². The van der Waals surface area contributed by atoms with Gasteiger partial charge in [0.2, 0.25) is 0 Å². The lowest BCUT2D eigenvalue weighted by Gasteiger charge is -2.38. The molecule has 0 aliphatic carbocycles. The van der Waals surface area contributed by atoms with E-state index in [1.807, 2.05) is 0 Å². The second-order valence-electron chi connectivity index (χ2n) is 4.79. The van der Waals surface area contributed by atoms with Gasteiger partial charge in [-0.05, 0) is 18.9 Å². The van der Waals surface area contributed by atoms with Crippen LogP contribution in [0.15, 0.2) is 29.2 Å². The summed E-state index contributed by atoms with van der Waals surface area (Å²) in [4.78, 5) is 11.3. The highest BCUT2D eigenvalue weighted by molar-refractivity contribution is 7.91. The van der Waals surface area contributed by atoms with Crippen LogP contribution in [0.25, 0.3) is 0 Å². The van der Waals surface area contributed by atoms with E-state index in [0.29, 0.717) is 0 Å². The van der Waals surface area contributed by atoms with Crippen molar-refractivity contribution in [1.29, 1.82) is 0 Å². The summed E-state index contributed by atoms with van der Waals surface area (Å²) in [6.07, 6.45) is 0.150. The lowest BCUT2D eigenvalue weighted by atomic mass is 9.77. The van der Waals surface area contributed by atoms with E-state index in [4.69, 9.17) is 0 Å². The summed E-state index contributed by atoms with van der Waals surface area (Å²) in [6.45, 7) is 1.67. The van der Waals surface area contributed by atoms with Crippen molar-refractivity contribution in [2.75, 3.05) is 5.75 Å². The molecular weight excluding hydrogens is 268 g/mol. The molecule has 2 N–H and O–H groups in total. The molecule has 2 rings (SSSR count). The highest BCUT2D eigenvalue weighted by Crippen LogP contribution is 2.43. The molecule has 1 aromatic carbocycles. The normalized spacial score (nSPS) is 26.4. The van der Waals surface area contributed by atoms with Gasteiger partial charge >= 0.3 is 5.97 Å². The van der Waals surface area contributed by atoms with Crippen LogP contribution < -0.4 is 0 Å². The largest absolute Gasteiger partial charge is 0.481 e. The SMILES string of the molecule is CCC(C(=O)O)C1(O)CCS(=O)(=O)c2ccccc21. The highest BCUT2D eigenvalue weighted by atomic mass is 32.2. The second-order valence-corrected chi connectivity index (χ2v) is 6.87. The summed E-state index contributed by atoms with van der Waals surface area (Å²) in [5.74, 6) is -2.35. The molecule has 0 amide bonds. The standard InChI is InChI=1S/C13H16O5S/c1-2-9(12(14)15)13(16)7-8-19(17,18)11-6-4-3-5-10(11)13/h3-6,9,16H,2,7-8H2,1H3,(H,14,15). The molecule has 0 bridgehead atoms. The predicted octanol–water partition coefficient (Wildman–Crippen LogP) is 1.16. The number of carboxylic acids is 1. The van der Waals surface area contributed by atoms with Crippen LogP contribution in [0.5, 0.6) is 0 Å². The molecule has 1 aliphatic rings. The van der Waals surface area contributed by atoms with E-state index in [1.165, 1.54) is 12.1 Å². The third kappa shape index (κ3) is 2.15. The van der Waals surface area contributed by atoms with Gasteiger partial charge in [0.25, 0.3) is 0 Å². The Morgan fingerprint density at radius 3 is 2.63 bits per heavy atom. The molecule has 0 spiro atoms. The van der Waals surface area contributed by atoms with Crippen LogP contribution in [0.2, 0.25) is 0 Å². The van der Waals surface area contributed by atoms with Gasteiger partial charge in [0, 0.05) is 5.56 Å². The van der Waals surface area contributed by atoms with Gasteiger partial charge in [0.05, 0.1) is 16.6 Å². The molecule has 5 nitrogen and oxygen atoms in total. The fourth-order valence-corrected chi connectivity index (χ4v) is 4.37. The Morgan fingerprint density at radius 1 is 1.42 bits per heavy atom. The summed E-state index contributed by atoms with van der Waals surface area (Å²) in [6, 6.07) is 6.10. The maximum absolute atomic E-state index is 12.0. The molecule has 1 aromatic rings. The van der Waals surface area contributed by atoms with Crippen molar-refractivity contribution >= 4 is 15.8 Å². The van der Waals surface area contributed by atoms with E-state index in [-0.39, 0.29) is 29.1 Å². The van der Waals surface area contributed by atoms with E-state index < -0.39 is 27.3 Å². The molecule has 19 heavy (non-hydrogen) atoms. The van der Waals surface area contributed by atoms with Crippen molar-refractivity contribution in [3.05, 3.63) is 29.8 Å². The molecule has 6 heteroatoms. The zero-order valence-corrected chi connectivity index (χ0v) is 11.4. The number of aliphatic carboxylic acids is 1. The molecule has 0 radical (unpaired) electrons. The van der Waals surface area contributed by atoms with Crippen LogP contribution in [0, 0.1) is 5.92 Å². The number of carboxylic acid groups (broad SMARTS) is 1. The summed E-state index contributed by atoms with van der Waals surface area (Å²) in [7, 11) is -3.43. The molecule has 0 saturated heterocycles. The Labute approximate surface area is 111 Å². The Balaban J connectivity index is 2.65. The van der Waals surface area contributed by atoms with E-state index in [0.717, 1.165) is 0 Å². The van der Waals surface area contributed by atoms with Crippen LogP contribution in [-0.4, -0.2) is 30.4 Å². The van der Waals surface area contributed by atoms with Crippen molar-refractivity contribution in [2.45, 2.75) is 30.3 Å². The maximum atomic E-state index is 12.0. The fraction of sp³-hybridized carbons (Fsp3) is 0.462. The average Bonchev–Trinajstić information content (AvgIpc) is 2.36. The fourth-order valence-electron chi connectivity index (χ4n) is 2.71. The minimum absolute atomic E-state index is 0.0449. The molecule has 1 heterocycles. The van der Waals surface area contributed by atoms with Gasteiger partial charge in [-0.3, -0.25) is 4.79 Å². The van der Waals surface area contributed by atoms with Crippen molar-refractivity contribution in [1.82, 2.24) is 0 Å². The molecule has 0 fully saturated rings. The topological polar surface area (TPSA) is 91.7 Å². The highest BCUT2D eigenvalue weighted by Gasteiger charge is 2.48. The van der Waals surface area contributed by atoms with Gasteiger partial charge in [0.15, 0.2) is 9.84 Å². The first kappa shape index (κ1) is 14.0. The first-order valence-electron chi connectivity index (χ1n) is 6.10. The third-order valence-corrected chi connectivity index (χ3v) is 5.49. The number of hydrogen-bond donors (Lipinski definition) is 2. The van der Waals surface area contributed by atoms with Gasteiger partial charge in [-0.25, -0.2) is 8.42 Å². The van der Waals surface area contributed by atoms with E-state index in [2.05, 4.69) is 0 Å². The zero-order chi connectivity index (χ0) is 14.3. The Hall–Kier alpha value is -1.40. The molecular formula is C13H16O5S. The monoisotopic (exact) mass is 284 g/mol. The summed E-state index contributed by atoms with van der Waals surface area (Å²) in [5.41, 5.74) is -1.42. The minimum atomic E-state index is -3.43. The van der Waals surface area contributed by atoms with E-state index in [9.17, 15) is 23.4 Å². The summed E-state index contributed by atoms with van der Waals surface area (Å²) in [5, 5.41) is 20.0. The quantitative estimate of drug-likeness (QED) is 0.869. The van der Waals surface area contributed by atoms with Crippen molar-refractivity contribution in [3.63, 3.8) is 0 Å². The van der Waals surface area contributed by atoms with E-state index >= 15 is 0 Å². The first-order valence-corrected chi connectivity index (χ1v) is 7.75. The van der Waals surface area contributed by atoms with Crippen molar-refractivity contribution < 1.29 is 23.4 Å². The number of hydrogen-bond acceptors (Lipinski definition) is 4. The number of sulfone groups is 1. The number of benzene rings is 1. The molecule has 2 atom stereocenters. The van der Waals surface area contributed by atoms with E-state index in [1.54, 1.807) is 19.1 Å². The summed E-state index contributed by atoms with van der Waals surface area (Å²) >= 11 is 0. The molecule has 1 aliphatic heterocycles. The lowest BCUT2D eigenvalue weighted by Crippen LogP contribution is -2.44. The first-order chi connectivity index (χ1) is 8.83. The smallest absolute Gasteiger partial charge is 0.309 e.